The van der Waals surface area contributed by atoms with Gasteiger partial charge in [0.2, 0.25) is 0 Å². The quantitative estimate of drug-likeness (QED) is 0.839. The van der Waals surface area contributed by atoms with Gasteiger partial charge in [0, 0.05) is 31.3 Å². The van der Waals surface area contributed by atoms with Crippen LogP contribution in [0.1, 0.15) is 18.1 Å². The van der Waals surface area contributed by atoms with Crippen molar-refractivity contribution in [3.05, 3.63) is 65.7 Å². The molecule has 0 aromatic heterocycles. The summed E-state index contributed by atoms with van der Waals surface area (Å²) in [6, 6.07) is 19.4. The molecule has 1 atom stereocenters. The van der Waals surface area contributed by atoms with E-state index in [1.54, 1.807) is 7.11 Å². The third-order valence-electron chi connectivity index (χ3n) is 4.11. The van der Waals surface area contributed by atoms with Crippen LogP contribution < -0.4 is 4.90 Å². The van der Waals surface area contributed by atoms with E-state index in [-0.39, 0.29) is 5.41 Å². The second-order valence-corrected chi connectivity index (χ2v) is 5.85. The zero-order valence-electron chi connectivity index (χ0n) is 12.2. The van der Waals surface area contributed by atoms with Crippen molar-refractivity contribution in [1.29, 1.82) is 0 Å². The van der Waals surface area contributed by atoms with Gasteiger partial charge in [0.25, 0.3) is 0 Å². The number of hydrogen-bond donors (Lipinski definition) is 0. The summed E-state index contributed by atoms with van der Waals surface area (Å²) in [5, 5.41) is 0. The summed E-state index contributed by atoms with van der Waals surface area (Å²) in [6.45, 7) is 5.02. The van der Waals surface area contributed by atoms with Crippen LogP contribution in [0.15, 0.2) is 54.6 Å². The van der Waals surface area contributed by atoms with Crippen LogP contribution in [0.2, 0.25) is 0 Å². The molecule has 2 nitrogen and oxygen atoms in total. The Kier molecular flexibility index (Phi) is 3.49. The third-order valence-corrected chi connectivity index (χ3v) is 4.11. The van der Waals surface area contributed by atoms with Crippen LogP contribution in [0.25, 0.3) is 0 Å². The van der Waals surface area contributed by atoms with Gasteiger partial charge < -0.3 is 9.64 Å². The highest BCUT2D eigenvalue weighted by atomic mass is 16.5. The Morgan fingerprint density at radius 3 is 2.50 bits per heavy atom. The van der Waals surface area contributed by atoms with E-state index in [1.165, 1.54) is 16.8 Å². The minimum Gasteiger partial charge on any atom is -0.384 e. The number of benzene rings is 2. The summed E-state index contributed by atoms with van der Waals surface area (Å²) >= 11 is 0. The van der Waals surface area contributed by atoms with Gasteiger partial charge in [0.15, 0.2) is 0 Å². The molecule has 20 heavy (non-hydrogen) atoms. The average Bonchev–Trinajstić information content (AvgIpc) is 2.74. The molecule has 104 valence electrons. The van der Waals surface area contributed by atoms with Crippen LogP contribution in [-0.2, 0) is 16.7 Å². The molecule has 0 spiro atoms. The van der Waals surface area contributed by atoms with Crippen molar-refractivity contribution in [2.75, 3.05) is 25.2 Å². The molecule has 2 aromatic carbocycles. The molecular weight excluding hydrogens is 246 g/mol. The number of rotatable bonds is 4. The van der Waals surface area contributed by atoms with Gasteiger partial charge in [0.05, 0.1) is 6.61 Å². The summed E-state index contributed by atoms with van der Waals surface area (Å²) in [7, 11) is 1.79. The van der Waals surface area contributed by atoms with E-state index < -0.39 is 0 Å². The van der Waals surface area contributed by atoms with Crippen LogP contribution >= 0.6 is 0 Å². The molecule has 0 radical (unpaired) electrons. The molecule has 3 rings (SSSR count). The minimum atomic E-state index is 0.0835. The number of nitrogens with zero attached hydrogens (tertiary/aromatic N) is 1. The predicted octanol–water partition coefficient (Wildman–Crippen LogP) is 3.61. The third kappa shape index (κ3) is 2.32. The van der Waals surface area contributed by atoms with Gasteiger partial charge in [-0.3, -0.25) is 0 Å². The maximum atomic E-state index is 5.46. The van der Waals surface area contributed by atoms with Crippen molar-refractivity contribution in [3.8, 4) is 0 Å². The Morgan fingerprint density at radius 2 is 1.75 bits per heavy atom. The van der Waals surface area contributed by atoms with E-state index >= 15 is 0 Å². The number of para-hydroxylation sites is 1. The van der Waals surface area contributed by atoms with Gasteiger partial charge in [-0.1, -0.05) is 55.5 Å². The molecule has 0 saturated heterocycles. The molecule has 0 saturated carbocycles. The van der Waals surface area contributed by atoms with Crippen molar-refractivity contribution >= 4 is 5.69 Å². The fourth-order valence-corrected chi connectivity index (χ4v) is 3.24. The smallest absolute Gasteiger partial charge is 0.0574 e. The van der Waals surface area contributed by atoms with Gasteiger partial charge in [-0.25, -0.2) is 0 Å². The highest BCUT2D eigenvalue weighted by molar-refractivity contribution is 5.62. The lowest BCUT2D eigenvalue weighted by atomic mass is 9.85. The first-order chi connectivity index (χ1) is 9.73. The lowest BCUT2D eigenvalue weighted by Gasteiger charge is -2.25. The summed E-state index contributed by atoms with van der Waals surface area (Å²) in [5.41, 5.74) is 4.18. The largest absolute Gasteiger partial charge is 0.384 e. The van der Waals surface area contributed by atoms with E-state index in [4.69, 9.17) is 4.74 Å². The first kappa shape index (κ1) is 13.2. The number of ether oxygens (including phenoxy) is 1. The number of methoxy groups -OCH3 is 1. The van der Waals surface area contributed by atoms with Crippen molar-refractivity contribution < 1.29 is 4.74 Å². The summed E-state index contributed by atoms with van der Waals surface area (Å²) < 4.78 is 5.46. The van der Waals surface area contributed by atoms with Crippen molar-refractivity contribution in [2.45, 2.75) is 18.9 Å². The minimum absolute atomic E-state index is 0.0835. The van der Waals surface area contributed by atoms with Crippen LogP contribution in [0.3, 0.4) is 0 Å². The van der Waals surface area contributed by atoms with Crippen LogP contribution in [-0.4, -0.2) is 20.3 Å². The van der Waals surface area contributed by atoms with E-state index in [9.17, 15) is 0 Å². The highest BCUT2D eigenvalue weighted by Crippen LogP contribution is 2.41. The lowest BCUT2D eigenvalue weighted by molar-refractivity contribution is 0.144. The molecule has 1 aliphatic rings. The molecular formula is C18H21NO. The topological polar surface area (TPSA) is 12.5 Å². The van der Waals surface area contributed by atoms with Gasteiger partial charge in [0.1, 0.15) is 0 Å². The molecule has 0 unspecified atom stereocenters. The zero-order chi connectivity index (χ0) is 14.0. The van der Waals surface area contributed by atoms with Crippen molar-refractivity contribution in [2.24, 2.45) is 0 Å². The summed E-state index contributed by atoms with van der Waals surface area (Å²) in [5.74, 6) is 0. The molecule has 1 heterocycles. The van der Waals surface area contributed by atoms with E-state index in [1.807, 2.05) is 0 Å². The number of fused-ring (bicyclic) bond motifs is 1. The van der Waals surface area contributed by atoms with Crippen LogP contribution in [0, 0.1) is 0 Å². The second-order valence-electron chi connectivity index (χ2n) is 5.85. The van der Waals surface area contributed by atoms with Gasteiger partial charge in [-0.15, -0.1) is 0 Å². The van der Waals surface area contributed by atoms with Gasteiger partial charge in [-0.2, -0.15) is 0 Å². The summed E-state index contributed by atoms with van der Waals surface area (Å²) in [6.07, 6.45) is 0. The number of hydrogen-bond acceptors (Lipinski definition) is 2. The first-order valence-corrected chi connectivity index (χ1v) is 7.10. The molecule has 0 aliphatic carbocycles. The highest BCUT2D eigenvalue weighted by Gasteiger charge is 2.38. The fraction of sp³-hybridized carbons (Fsp3) is 0.333. The standard InChI is InChI=1S/C18H21NO/c1-18(14-20-2)13-19(12-15-8-4-3-5-9-15)17-11-7-6-10-16(17)18/h3-11H,12-14H2,1-2H3/t18-/m0/s1. The Hall–Kier alpha value is -1.80. The maximum Gasteiger partial charge on any atom is 0.0574 e. The average molecular weight is 267 g/mol. The fourth-order valence-electron chi connectivity index (χ4n) is 3.24. The molecule has 0 bridgehead atoms. The maximum absolute atomic E-state index is 5.46. The van der Waals surface area contributed by atoms with Crippen LogP contribution in [0.4, 0.5) is 5.69 Å². The van der Waals surface area contributed by atoms with Gasteiger partial charge >= 0.3 is 0 Å². The molecule has 2 aromatic rings. The number of anilines is 1. The van der Waals surface area contributed by atoms with E-state index in [2.05, 4.69) is 66.4 Å². The van der Waals surface area contributed by atoms with Crippen molar-refractivity contribution in [1.82, 2.24) is 0 Å². The lowest BCUT2D eigenvalue weighted by Crippen LogP contribution is -2.34. The Morgan fingerprint density at radius 1 is 1.05 bits per heavy atom. The molecule has 0 fully saturated rings. The van der Waals surface area contributed by atoms with E-state index in [0.717, 1.165) is 19.7 Å². The second kappa shape index (κ2) is 5.29. The predicted molar refractivity (Wildman–Crippen MR) is 83.2 cm³/mol. The molecule has 0 amide bonds. The Labute approximate surface area is 121 Å². The molecule has 0 N–H and O–H groups in total. The zero-order valence-corrected chi connectivity index (χ0v) is 12.2. The Balaban J connectivity index is 1.91. The van der Waals surface area contributed by atoms with Crippen molar-refractivity contribution in [3.63, 3.8) is 0 Å². The van der Waals surface area contributed by atoms with E-state index in [0.29, 0.717) is 0 Å². The molecule has 2 heteroatoms. The molecule has 1 aliphatic heterocycles. The first-order valence-electron chi connectivity index (χ1n) is 7.10. The van der Waals surface area contributed by atoms with Crippen LogP contribution in [0.5, 0.6) is 0 Å². The SMILES string of the molecule is COC[C@]1(C)CN(Cc2ccccc2)c2ccccc21. The Bertz CT molecular complexity index is 581. The normalized spacial score (nSPS) is 21.0. The summed E-state index contributed by atoms with van der Waals surface area (Å²) in [4.78, 5) is 2.46. The van der Waals surface area contributed by atoms with Gasteiger partial charge in [-0.05, 0) is 17.2 Å². The monoisotopic (exact) mass is 267 g/mol.